The van der Waals surface area contributed by atoms with Gasteiger partial charge in [0, 0.05) is 5.92 Å². The zero-order valence-corrected chi connectivity index (χ0v) is 10.1. The number of ether oxygens (including phenoxy) is 1. The van der Waals surface area contributed by atoms with Gasteiger partial charge in [0.25, 0.3) is 0 Å². The Labute approximate surface area is 95.3 Å². The quantitative estimate of drug-likeness (QED) is 0.338. The molecule has 0 aliphatic carbocycles. The fourth-order valence-electron chi connectivity index (χ4n) is 1.54. The van der Waals surface area contributed by atoms with Crippen molar-refractivity contribution in [3.05, 3.63) is 11.3 Å². The Morgan fingerprint density at radius 3 is 2.50 bits per heavy atom. The Balaban J connectivity index is 3.12. The second-order valence-corrected chi connectivity index (χ2v) is 4.33. The lowest BCUT2D eigenvalue weighted by Gasteiger charge is -2.27. The Bertz CT molecular complexity index is 343. The number of Topliss-reactive ketones (excluding diaryl/α,β-unsaturated/α-hetero) is 1. The van der Waals surface area contributed by atoms with Crippen LogP contribution in [0.5, 0.6) is 0 Å². The number of allylic oxidation sites excluding steroid dienone is 1. The standard InChI is InChI=1S/C12H18O4/c1-5-6(2)10(13)9-11(14)7(3)8(4)16-12(9)15/h6-8,13H,5H2,1-4H3/b10-9-. The molecule has 3 unspecified atom stereocenters. The number of hydrogen-bond donors (Lipinski definition) is 1. The molecule has 16 heavy (non-hydrogen) atoms. The molecule has 1 rings (SSSR count). The van der Waals surface area contributed by atoms with Crippen molar-refractivity contribution in [1.82, 2.24) is 0 Å². The molecule has 1 aliphatic heterocycles. The third kappa shape index (κ3) is 2.10. The molecule has 1 N–H and O–H groups in total. The minimum Gasteiger partial charge on any atom is -0.511 e. The maximum atomic E-state index is 11.9. The number of cyclic esters (lactones) is 1. The molecular weight excluding hydrogens is 208 g/mol. The lowest BCUT2D eigenvalue weighted by molar-refractivity contribution is -0.154. The van der Waals surface area contributed by atoms with Crippen LogP contribution in [0.25, 0.3) is 0 Å². The minimum absolute atomic E-state index is 0.142. The first-order valence-electron chi connectivity index (χ1n) is 5.58. The molecule has 4 nitrogen and oxygen atoms in total. The summed E-state index contributed by atoms with van der Waals surface area (Å²) in [6.45, 7) is 7.03. The van der Waals surface area contributed by atoms with Crippen LogP contribution in [0.15, 0.2) is 11.3 Å². The van der Waals surface area contributed by atoms with Crippen LogP contribution in [0.4, 0.5) is 0 Å². The van der Waals surface area contributed by atoms with Crippen LogP contribution in [0.2, 0.25) is 0 Å². The molecule has 1 aliphatic rings. The number of ketones is 1. The van der Waals surface area contributed by atoms with Crippen molar-refractivity contribution in [2.45, 2.75) is 40.2 Å². The molecular formula is C12H18O4. The summed E-state index contributed by atoms with van der Waals surface area (Å²) in [5.41, 5.74) is -0.167. The summed E-state index contributed by atoms with van der Waals surface area (Å²) in [6.07, 6.45) is 0.244. The molecule has 0 spiro atoms. The number of carbonyl (C=O) groups excluding carboxylic acids is 2. The van der Waals surface area contributed by atoms with Gasteiger partial charge < -0.3 is 9.84 Å². The van der Waals surface area contributed by atoms with E-state index in [-0.39, 0.29) is 29.0 Å². The number of hydrogen-bond acceptors (Lipinski definition) is 4. The van der Waals surface area contributed by atoms with Gasteiger partial charge in [-0.3, -0.25) is 4.79 Å². The highest BCUT2D eigenvalue weighted by atomic mass is 16.5. The zero-order valence-electron chi connectivity index (χ0n) is 10.1. The van der Waals surface area contributed by atoms with Gasteiger partial charge >= 0.3 is 5.97 Å². The highest BCUT2D eigenvalue weighted by molar-refractivity contribution is 6.20. The van der Waals surface area contributed by atoms with E-state index < -0.39 is 12.1 Å². The zero-order chi connectivity index (χ0) is 12.5. The topological polar surface area (TPSA) is 63.6 Å². The second kappa shape index (κ2) is 4.68. The fraction of sp³-hybridized carbons (Fsp3) is 0.667. The molecule has 90 valence electrons. The SMILES string of the molecule is CCC(C)/C(O)=C1/C(=O)OC(C)C(C)C1=O. The van der Waals surface area contributed by atoms with E-state index in [1.807, 2.05) is 6.92 Å². The molecule has 0 saturated carbocycles. The monoisotopic (exact) mass is 226 g/mol. The summed E-state index contributed by atoms with van der Waals surface area (Å²) in [4.78, 5) is 23.5. The van der Waals surface area contributed by atoms with Gasteiger partial charge in [-0.15, -0.1) is 0 Å². The van der Waals surface area contributed by atoms with E-state index in [1.165, 1.54) is 0 Å². The molecule has 0 amide bonds. The van der Waals surface area contributed by atoms with Gasteiger partial charge in [-0.2, -0.15) is 0 Å². The van der Waals surface area contributed by atoms with E-state index in [4.69, 9.17) is 4.74 Å². The van der Waals surface area contributed by atoms with Gasteiger partial charge in [0.1, 0.15) is 17.4 Å². The molecule has 1 heterocycles. The molecule has 1 fully saturated rings. The fourth-order valence-corrected chi connectivity index (χ4v) is 1.54. The van der Waals surface area contributed by atoms with Crippen molar-refractivity contribution >= 4 is 11.8 Å². The summed E-state index contributed by atoms with van der Waals surface area (Å²) >= 11 is 0. The smallest absolute Gasteiger partial charge is 0.345 e. The van der Waals surface area contributed by atoms with Crippen molar-refractivity contribution < 1.29 is 19.4 Å². The summed E-state index contributed by atoms with van der Waals surface area (Å²) in [6, 6.07) is 0. The van der Waals surface area contributed by atoms with Gasteiger partial charge in [0.15, 0.2) is 5.78 Å². The van der Waals surface area contributed by atoms with Crippen molar-refractivity contribution in [2.24, 2.45) is 11.8 Å². The molecule has 0 aromatic heterocycles. The Kier molecular flexibility index (Phi) is 3.73. The highest BCUT2D eigenvalue weighted by Gasteiger charge is 2.39. The average molecular weight is 226 g/mol. The first-order valence-corrected chi connectivity index (χ1v) is 5.58. The molecule has 3 atom stereocenters. The van der Waals surface area contributed by atoms with Crippen LogP contribution >= 0.6 is 0 Å². The number of carbonyl (C=O) groups is 2. The summed E-state index contributed by atoms with van der Waals surface area (Å²) in [5, 5.41) is 9.85. The van der Waals surface area contributed by atoms with Crippen molar-refractivity contribution in [3.8, 4) is 0 Å². The third-order valence-electron chi connectivity index (χ3n) is 3.20. The molecule has 0 bridgehead atoms. The number of esters is 1. The third-order valence-corrected chi connectivity index (χ3v) is 3.20. The van der Waals surface area contributed by atoms with Crippen LogP contribution in [-0.2, 0) is 14.3 Å². The predicted molar refractivity (Wildman–Crippen MR) is 58.8 cm³/mol. The van der Waals surface area contributed by atoms with Crippen LogP contribution in [0.3, 0.4) is 0 Å². The summed E-state index contributed by atoms with van der Waals surface area (Å²) in [5.74, 6) is -1.75. The lowest BCUT2D eigenvalue weighted by Crippen LogP contribution is -2.39. The summed E-state index contributed by atoms with van der Waals surface area (Å²) < 4.78 is 5.02. The van der Waals surface area contributed by atoms with E-state index >= 15 is 0 Å². The average Bonchev–Trinajstić information content (AvgIpc) is 2.24. The Hall–Kier alpha value is -1.32. The first kappa shape index (κ1) is 12.7. The van der Waals surface area contributed by atoms with Crippen LogP contribution in [0, 0.1) is 11.8 Å². The molecule has 0 radical (unpaired) electrons. The van der Waals surface area contributed by atoms with E-state index in [9.17, 15) is 14.7 Å². The van der Waals surface area contributed by atoms with E-state index in [2.05, 4.69) is 0 Å². The second-order valence-electron chi connectivity index (χ2n) is 4.33. The van der Waals surface area contributed by atoms with E-state index in [1.54, 1.807) is 20.8 Å². The van der Waals surface area contributed by atoms with Gasteiger partial charge in [-0.1, -0.05) is 20.8 Å². The van der Waals surface area contributed by atoms with E-state index in [0.717, 1.165) is 0 Å². The Morgan fingerprint density at radius 1 is 1.44 bits per heavy atom. The van der Waals surface area contributed by atoms with Gasteiger partial charge in [-0.25, -0.2) is 4.79 Å². The predicted octanol–water partition coefficient (Wildman–Crippen LogP) is 2.00. The maximum Gasteiger partial charge on any atom is 0.345 e. The molecule has 4 heteroatoms. The van der Waals surface area contributed by atoms with Crippen LogP contribution in [-0.4, -0.2) is 23.0 Å². The van der Waals surface area contributed by atoms with Crippen LogP contribution in [0.1, 0.15) is 34.1 Å². The number of aliphatic hydroxyl groups is 1. The minimum atomic E-state index is -0.701. The molecule has 0 aromatic rings. The number of rotatable bonds is 2. The van der Waals surface area contributed by atoms with Crippen molar-refractivity contribution in [2.75, 3.05) is 0 Å². The normalized spacial score (nSPS) is 31.0. The number of aliphatic hydroxyl groups excluding tert-OH is 1. The molecule has 0 aromatic carbocycles. The maximum absolute atomic E-state index is 11.9. The van der Waals surface area contributed by atoms with Crippen molar-refractivity contribution in [3.63, 3.8) is 0 Å². The Morgan fingerprint density at radius 2 is 2.00 bits per heavy atom. The molecule has 1 saturated heterocycles. The lowest BCUT2D eigenvalue weighted by atomic mass is 9.89. The highest BCUT2D eigenvalue weighted by Crippen LogP contribution is 2.26. The summed E-state index contributed by atoms with van der Waals surface area (Å²) in [7, 11) is 0. The van der Waals surface area contributed by atoms with Gasteiger partial charge in [-0.05, 0) is 13.3 Å². The first-order chi connectivity index (χ1) is 7.40. The van der Waals surface area contributed by atoms with Gasteiger partial charge in [0.2, 0.25) is 0 Å². The van der Waals surface area contributed by atoms with E-state index in [0.29, 0.717) is 6.42 Å². The van der Waals surface area contributed by atoms with Crippen molar-refractivity contribution in [1.29, 1.82) is 0 Å². The van der Waals surface area contributed by atoms with Gasteiger partial charge in [0.05, 0.1) is 5.92 Å². The largest absolute Gasteiger partial charge is 0.511 e. The van der Waals surface area contributed by atoms with Crippen LogP contribution < -0.4 is 0 Å².